The minimum Gasteiger partial charge on any atom is -0.359 e. The Morgan fingerprint density at radius 1 is 1.26 bits per heavy atom. The van der Waals surface area contributed by atoms with Gasteiger partial charge in [0, 0.05) is 29.3 Å². The van der Waals surface area contributed by atoms with Gasteiger partial charge in [-0.25, -0.2) is 4.98 Å². The first kappa shape index (κ1) is 21.4. The van der Waals surface area contributed by atoms with Gasteiger partial charge in [-0.3, -0.25) is 4.79 Å². The van der Waals surface area contributed by atoms with E-state index in [0.717, 1.165) is 5.56 Å². The monoisotopic (exact) mass is 424 g/mol. The zero-order valence-corrected chi connectivity index (χ0v) is 18.2. The summed E-state index contributed by atoms with van der Waals surface area (Å²) in [5.74, 6) is 0.338. The number of aromatic nitrogens is 2. The van der Waals surface area contributed by atoms with Crippen molar-refractivity contribution in [2.24, 2.45) is 0 Å². The molecular formula is C19H22Cl2N4OS. The molecule has 1 heterocycles. The third-order valence-electron chi connectivity index (χ3n) is 3.61. The molecule has 0 aliphatic heterocycles. The second-order valence-corrected chi connectivity index (χ2v) is 8.29. The minimum atomic E-state index is -0.337. The Morgan fingerprint density at radius 3 is 2.48 bits per heavy atom. The molecule has 0 atom stereocenters. The molecule has 0 aliphatic rings. The summed E-state index contributed by atoms with van der Waals surface area (Å²) < 4.78 is 0.363. The third kappa shape index (κ3) is 5.54. The quantitative estimate of drug-likeness (QED) is 0.449. The maximum atomic E-state index is 12.4. The first-order chi connectivity index (χ1) is 12.5. The number of carbonyl (C=O) groups excluding carboxylic acids is 1. The number of hydrogen-bond acceptors (Lipinski definition) is 4. The number of nitrogens with one attached hydrogen (secondary N) is 3. The van der Waals surface area contributed by atoms with Crippen LogP contribution in [-0.2, 0) is 4.79 Å². The Balaban J connectivity index is 2.62. The molecule has 0 unspecified atom stereocenters. The predicted octanol–water partition coefficient (Wildman–Crippen LogP) is 5.47. The summed E-state index contributed by atoms with van der Waals surface area (Å²) in [5.41, 5.74) is 2.29. The number of aromatic amines is 1. The molecule has 0 saturated carbocycles. The van der Waals surface area contributed by atoms with Crippen LogP contribution in [0.3, 0.4) is 0 Å². The molecule has 3 N–H and O–H groups in total. The molecule has 2 aromatic rings. The van der Waals surface area contributed by atoms with Gasteiger partial charge in [-0.1, -0.05) is 41.5 Å². The fourth-order valence-electron chi connectivity index (χ4n) is 2.34. The van der Waals surface area contributed by atoms with Gasteiger partial charge in [0.2, 0.25) is 11.9 Å². The Kier molecular flexibility index (Phi) is 6.68. The molecule has 8 heteroatoms. The molecule has 0 bridgehead atoms. The summed E-state index contributed by atoms with van der Waals surface area (Å²) in [7, 11) is 1.74. The lowest BCUT2D eigenvalue weighted by Crippen LogP contribution is -2.40. The second-order valence-electron chi connectivity index (χ2n) is 7.09. The van der Waals surface area contributed by atoms with Crippen molar-refractivity contribution in [2.75, 3.05) is 12.4 Å². The molecule has 144 valence electrons. The molecule has 0 aliphatic carbocycles. The summed E-state index contributed by atoms with van der Waals surface area (Å²) in [4.78, 5) is 20.0. The lowest BCUT2D eigenvalue weighted by molar-refractivity contribution is -0.118. The Labute approximate surface area is 174 Å². The van der Waals surface area contributed by atoms with Gasteiger partial charge in [-0.15, -0.1) is 0 Å². The van der Waals surface area contributed by atoms with Crippen LogP contribution in [0, 0.1) is 4.64 Å². The SMILES string of the molecule is CNc1nc(=S)c(/C=C(\C)C(=O)NC(C)(C)C)c(-c2ccc(Cl)c(Cl)c2)[nH]1. The first-order valence-corrected chi connectivity index (χ1v) is 9.46. The van der Waals surface area contributed by atoms with Crippen LogP contribution in [0.1, 0.15) is 33.3 Å². The van der Waals surface area contributed by atoms with Gasteiger partial charge in [0.05, 0.1) is 15.7 Å². The normalized spacial score (nSPS) is 12.0. The van der Waals surface area contributed by atoms with Crippen LogP contribution < -0.4 is 10.6 Å². The maximum Gasteiger partial charge on any atom is 0.247 e. The van der Waals surface area contributed by atoms with E-state index >= 15 is 0 Å². The van der Waals surface area contributed by atoms with Crippen LogP contribution >= 0.6 is 35.4 Å². The number of nitrogens with zero attached hydrogens (tertiary/aromatic N) is 1. The molecule has 5 nitrogen and oxygen atoms in total. The number of H-pyrrole nitrogens is 1. The van der Waals surface area contributed by atoms with Crippen molar-refractivity contribution in [1.29, 1.82) is 0 Å². The second kappa shape index (κ2) is 8.42. The predicted molar refractivity (Wildman–Crippen MR) is 116 cm³/mol. The lowest BCUT2D eigenvalue weighted by Gasteiger charge is -2.20. The Hall–Kier alpha value is -1.89. The van der Waals surface area contributed by atoms with Crippen LogP contribution in [0.15, 0.2) is 23.8 Å². The van der Waals surface area contributed by atoms with E-state index in [1.807, 2.05) is 26.8 Å². The van der Waals surface area contributed by atoms with Crippen molar-refractivity contribution in [3.8, 4) is 11.3 Å². The van der Waals surface area contributed by atoms with E-state index in [1.54, 1.807) is 32.2 Å². The van der Waals surface area contributed by atoms with Gasteiger partial charge in [-0.05, 0) is 45.9 Å². The Bertz CT molecular complexity index is 961. The summed E-state index contributed by atoms with van der Waals surface area (Å²) in [5, 5.41) is 6.76. The first-order valence-electron chi connectivity index (χ1n) is 8.30. The highest BCUT2D eigenvalue weighted by atomic mass is 35.5. The fraction of sp³-hybridized carbons (Fsp3) is 0.316. The van der Waals surface area contributed by atoms with Gasteiger partial charge in [0.1, 0.15) is 4.64 Å². The number of hydrogen-bond donors (Lipinski definition) is 3. The molecule has 2 rings (SSSR count). The van der Waals surface area contributed by atoms with Crippen LogP contribution in [-0.4, -0.2) is 28.5 Å². The number of benzene rings is 1. The highest BCUT2D eigenvalue weighted by molar-refractivity contribution is 7.71. The average Bonchev–Trinajstić information content (AvgIpc) is 2.57. The largest absolute Gasteiger partial charge is 0.359 e. The molecule has 1 amide bonds. The van der Waals surface area contributed by atoms with Gasteiger partial charge in [-0.2, -0.15) is 0 Å². The zero-order chi connectivity index (χ0) is 20.4. The van der Waals surface area contributed by atoms with Crippen LogP contribution in [0.5, 0.6) is 0 Å². The Morgan fingerprint density at radius 2 is 1.93 bits per heavy atom. The summed E-state index contributed by atoms with van der Waals surface area (Å²) >= 11 is 17.7. The molecule has 0 radical (unpaired) electrons. The van der Waals surface area contributed by atoms with E-state index in [4.69, 9.17) is 35.4 Å². The molecule has 0 fully saturated rings. The van der Waals surface area contributed by atoms with Crippen LogP contribution in [0.2, 0.25) is 10.0 Å². The number of anilines is 1. The number of halogens is 2. The highest BCUT2D eigenvalue weighted by Gasteiger charge is 2.17. The molecule has 27 heavy (non-hydrogen) atoms. The van der Waals surface area contributed by atoms with E-state index in [0.29, 0.717) is 37.5 Å². The summed E-state index contributed by atoms with van der Waals surface area (Å²) in [6.45, 7) is 7.51. The van der Waals surface area contributed by atoms with Gasteiger partial charge >= 0.3 is 0 Å². The van der Waals surface area contributed by atoms with Crippen LogP contribution in [0.25, 0.3) is 17.3 Å². The van der Waals surface area contributed by atoms with E-state index in [-0.39, 0.29) is 11.4 Å². The van der Waals surface area contributed by atoms with Crippen molar-refractivity contribution in [3.05, 3.63) is 44.0 Å². The van der Waals surface area contributed by atoms with Gasteiger partial charge in [0.15, 0.2) is 0 Å². The number of carbonyl (C=O) groups is 1. The number of rotatable bonds is 4. The zero-order valence-electron chi connectivity index (χ0n) is 15.8. The lowest BCUT2D eigenvalue weighted by atomic mass is 10.0. The molecule has 1 aromatic heterocycles. The topological polar surface area (TPSA) is 69.8 Å². The van der Waals surface area contributed by atoms with Crippen molar-refractivity contribution in [2.45, 2.75) is 33.2 Å². The molecule has 0 saturated heterocycles. The van der Waals surface area contributed by atoms with Crippen molar-refractivity contribution < 1.29 is 4.79 Å². The molecule has 1 aromatic carbocycles. The average molecular weight is 425 g/mol. The van der Waals surface area contributed by atoms with Crippen molar-refractivity contribution >= 4 is 53.4 Å². The summed E-state index contributed by atoms with van der Waals surface area (Å²) in [6.07, 6.45) is 1.73. The van der Waals surface area contributed by atoms with Crippen LogP contribution in [0.4, 0.5) is 5.95 Å². The van der Waals surface area contributed by atoms with E-state index < -0.39 is 0 Å². The fourth-order valence-corrected chi connectivity index (χ4v) is 2.89. The van der Waals surface area contributed by atoms with Gasteiger partial charge in [0.25, 0.3) is 0 Å². The van der Waals surface area contributed by atoms with Crippen molar-refractivity contribution in [1.82, 2.24) is 15.3 Å². The van der Waals surface area contributed by atoms with E-state index in [1.165, 1.54) is 0 Å². The van der Waals surface area contributed by atoms with Gasteiger partial charge < -0.3 is 15.6 Å². The highest BCUT2D eigenvalue weighted by Crippen LogP contribution is 2.31. The smallest absolute Gasteiger partial charge is 0.247 e. The standard InChI is InChI=1S/C19H22Cl2N4OS/c1-10(16(26)25-19(2,3)4)8-12-15(23-18(22-5)24-17(12)27)11-6-7-13(20)14(21)9-11/h6-9H,1-5H3,(H,25,26)(H2,22,23,24,27)/b10-8+. The van der Waals surface area contributed by atoms with E-state index in [2.05, 4.69) is 20.6 Å². The third-order valence-corrected chi connectivity index (χ3v) is 4.66. The van der Waals surface area contributed by atoms with E-state index in [9.17, 15) is 4.79 Å². The maximum absolute atomic E-state index is 12.4. The minimum absolute atomic E-state index is 0.172. The number of amides is 1. The summed E-state index contributed by atoms with van der Waals surface area (Å²) in [6, 6.07) is 5.28. The molecule has 0 spiro atoms. The van der Waals surface area contributed by atoms with Crippen molar-refractivity contribution in [3.63, 3.8) is 0 Å². The molecular weight excluding hydrogens is 403 g/mol.